The zero-order valence-corrected chi connectivity index (χ0v) is 5.66. The van der Waals surface area contributed by atoms with Gasteiger partial charge in [0.15, 0.2) is 5.82 Å². The molecule has 10 heavy (non-hydrogen) atoms. The molecule has 1 N–H and O–H groups in total. The van der Waals surface area contributed by atoms with E-state index in [4.69, 9.17) is 4.74 Å². The Bertz CT molecular complexity index is 244. The SMILES string of the molecule is Cn1nnc2c1NCCO2. The maximum Gasteiger partial charge on any atom is 0.278 e. The first-order chi connectivity index (χ1) is 4.88. The highest BCUT2D eigenvalue weighted by molar-refractivity contribution is 5.46. The van der Waals surface area contributed by atoms with Crippen LogP contribution in [-0.4, -0.2) is 28.1 Å². The van der Waals surface area contributed by atoms with Crippen LogP contribution in [-0.2, 0) is 7.05 Å². The molecule has 5 heteroatoms. The molecule has 1 aliphatic heterocycles. The van der Waals surface area contributed by atoms with Gasteiger partial charge in [-0.25, -0.2) is 4.68 Å². The van der Waals surface area contributed by atoms with E-state index in [1.54, 1.807) is 4.68 Å². The number of rotatable bonds is 0. The van der Waals surface area contributed by atoms with Gasteiger partial charge in [0, 0.05) is 7.05 Å². The number of hydrogen-bond donors (Lipinski definition) is 1. The molecule has 0 saturated carbocycles. The first-order valence-electron chi connectivity index (χ1n) is 3.14. The fourth-order valence-corrected chi connectivity index (χ4v) is 0.943. The Balaban J connectivity index is 2.45. The van der Waals surface area contributed by atoms with Gasteiger partial charge in [0.25, 0.3) is 5.88 Å². The Hall–Kier alpha value is -1.26. The fourth-order valence-electron chi connectivity index (χ4n) is 0.943. The van der Waals surface area contributed by atoms with Gasteiger partial charge in [0.1, 0.15) is 6.61 Å². The molecule has 0 spiro atoms. The van der Waals surface area contributed by atoms with Gasteiger partial charge in [-0.3, -0.25) is 0 Å². The van der Waals surface area contributed by atoms with Gasteiger partial charge in [-0.2, -0.15) is 0 Å². The summed E-state index contributed by atoms with van der Waals surface area (Å²) in [6, 6.07) is 0. The van der Waals surface area contributed by atoms with Crippen LogP contribution < -0.4 is 10.1 Å². The smallest absolute Gasteiger partial charge is 0.278 e. The van der Waals surface area contributed by atoms with E-state index in [1.165, 1.54) is 0 Å². The van der Waals surface area contributed by atoms with E-state index in [9.17, 15) is 0 Å². The van der Waals surface area contributed by atoms with Crippen molar-refractivity contribution in [3.63, 3.8) is 0 Å². The summed E-state index contributed by atoms with van der Waals surface area (Å²) in [6.45, 7) is 1.50. The standard InChI is InChI=1S/C5H8N4O/c1-9-4-5(7-8-9)10-3-2-6-4/h6H,2-3H2,1H3. The van der Waals surface area contributed by atoms with Crippen molar-refractivity contribution in [1.29, 1.82) is 0 Å². The zero-order chi connectivity index (χ0) is 6.97. The molecule has 0 radical (unpaired) electrons. The van der Waals surface area contributed by atoms with Gasteiger partial charge >= 0.3 is 0 Å². The third-order valence-electron chi connectivity index (χ3n) is 1.43. The predicted molar refractivity (Wildman–Crippen MR) is 35.0 cm³/mol. The molecular weight excluding hydrogens is 132 g/mol. The molecule has 0 atom stereocenters. The average molecular weight is 140 g/mol. The number of fused-ring (bicyclic) bond motifs is 1. The van der Waals surface area contributed by atoms with Crippen LogP contribution in [0.1, 0.15) is 0 Å². The van der Waals surface area contributed by atoms with Gasteiger partial charge < -0.3 is 10.1 Å². The molecule has 0 amide bonds. The molecule has 0 unspecified atom stereocenters. The minimum atomic E-state index is 0.605. The van der Waals surface area contributed by atoms with Crippen LogP contribution in [0.2, 0.25) is 0 Å². The van der Waals surface area contributed by atoms with Crippen LogP contribution in [0.4, 0.5) is 5.82 Å². The van der Waals surface area contributed by atoms with E-state index in [0.29, 0.717) is 12.5 Å². The largest absolute Gasteiger partial charge is 0.472 e. The number of ether oxygens (including phenoxy) is 1. The van der Waals surface area contributed by atoms with E-state index >= 15 is 0 Å². The van der Waals surface area contributed by atoms with E-state index in [-0.39, 0.29) is 0 Å². The van der Waals surface area contributed by atoms with Crippen molar-refractivity contribution in [2.75, 3.05) is 18.5 Å². The third-order valence-corrected chi connectivity index (χ3v) is 1.43. The lowest BCUT2D eigenvalue weighted by Crippen LogP contribution is -2.19. The Morgan fingerprint density at radius 3 is 3.40 bits per heavy atom. The summed E-state index contributed by atoms with van der Waals surface area (Å²) in [5, 5.41) is 10.7. The van der Waals surface area contributed by atoms with Crippen molar-refractivity contribution in [2.45, 2.75) is 0 Å². The summed E-state index contributed by atoms with van der Waals surface area (Å²) < 4.78 is 6.85. The molecule has 0 saturated heterocycles. The number of anilines is 1. The van der Waals surface area contributed by atoms with Gasteiger partial charge in [-0.05, 0) is 0 Å². The van der Waals surface area contributed by atoms with Crippen LogP contribution in [0, 0.1) is 0 Å². The Labute approximate surface area is 58.0 Å². The molecule has 1 aromatic heterocycles. The summed E-state index contributed by atoms with van der Waals surface area (Å²) >= 11 is 0. The topological polar surface area (TPSA) is 52.0 Å². The molecule has 0 aromatic carbocycles. The van der Waals surface area contributed by atoms with Crippen LogP contribution in [0.25, 0.3) is 0 Å². The van der Waals surface area contributed by atoms with Crippen LogP contribution in [0.5, 0.6) is 5.88 Å². The fraction of sp³-hybridized carbons (Fsp3) is 0.600. The third kappa shape index (κ3) is 0.632. The first-order valence-corrected chi connectivity index (χ1v) is 3.14. The van der Waals surface area contributed by atoms with Crippen molar-refractivity contribution in [3.8, 4) is 5.88 Å². The highest BCUT2D eigenvalue weighted by atomic mass is 16.5. The van der Waals surface area contributed by atoms with Gasteiger partial charge in [-0.15, -0.1) is 0 Å². The second-order valence-corrected chi connectivity index (χ2v) is 2.14. The monoisotopic (exact) mass is 140 g/mol. The molecule has 2 rings (SSSR count). The highest BCUT2D eigenvalue weighted by Gasteiger charge is 2.14. The van der Waals surface area contributed by atoms with Crippen LogP contribution in [0.3, 0.4) is 0 Å². The Kier molecular flexibility index (Phi) is 1.03. The molecule has 1 aliphatic rings. The molecule has 2 heterocycles. The summed E-state index contributed by atoms with van der Waals surface area (Å²) in [5.41, 5.74) is 0. The number of nitrogens with zero attached hydrogens (tertiary/aromatic N) is 3. The minimum Gasteiger partial charge on any atom is -0.472 e. The first kappa shape index (κ1) is 5.52. The van der Waals surface area contributed by atoms with Gasteiger partial charge in [-0.1, -0.05) is 10.3 Å². The number of hydrogen-bond acceptors (Lipinski definition) is 4. The second-order valence-electron chi connectivity index (χ2n) is 2.14. The van der Waals surface area contributed by atoms with Crippen LogP contribution in [0.15, 0.2) is 0 Å². The number of aryl methyl sites for hydroxylation is 1. The normalized spacial score (nSPS) is 15.3. The summed E-state index contributed by atoms with van der Waals surface area (Å²) in [5.74, 6) is 1.47. The lowest BCUT2D eigenvalue weighted by molar-refractivity contribution is 0.310. The maximum atomic E-state index is 5.19. The number of nitrogens with one attached hydrogen (secondary N) is 1. The molecule has 5 nitrogen and oxygen atoms in total. The van der Waals surface area contributed by atoms with E-state index in [2.05, 4.69) is 15.6 Å². The summed E-state index contributed by atoms with van der Waals surface area (Å²) in [7, 11) is 1.83. The predicted octanol–water partition coefficient (Wildman–Crippen LogP) is -0.381. The average Bonchev–Trinajstić information content (AvgIpc) is 2.34. The Morgan fingerprint density at radius 1 is 1.70 bits per heavy atom. The zero-order valence-electron chi connectivity index (χ0n) is 5.66. The highest BCUT2D eigenvalue weighted by Crippen LogP contribution is 2.21. The van der Waals surface area contributed by atoms with Crippen molar-refractivity contribution in [1.82, 2.24) is 15.0 Å². The summed E-state index contributed by atoms with van der Waals surface area (Å²) in [4.78, 5) is 0. The lowest BCUT2D eigenvalue weighted by Gasteiger charge is -2.13. The van der Waals surface area contributed by atoms with E-state index < -0.39 is 0 Å². The van der Waals surface area contributed by atoms with Crippen molar-refractivity contribution in [3.05, 3.63) is 0 Å². The van der Waals surface area contributed by atoms with Crippen LogP contribution >= 0.6 is 0 Å². The molecule has 0 aliphatic carbocycles. The van der Waals surface area contributed by atoms with Gasteiger partial charge in [0.2, 0.25) is 0 Å². The van der Waals surface area contributed by atoms with Crippen molar-refractivity contribution in [2.24, 2.45) is 7.05 Å². The lowest BCUT2D eigenvalue weighted by atomic mass is 10.5. The molecule has 0 fully saturated rings. The minimum absolute atomic E-state index is 0.605. The molecule has 54 valence electrons. The summed E-state index contributed by atoms with van der Waals surface area (Å²) in [6.07, 6.45) is 0. The Morgan fingerprint density at radius 2 is 2.60 bits per heavy atom. The second kappa shape index (κ2) is 1.86. The van der Waals surface area contributed by atoms with Gasteiger partial charge in [0.05, 0.1) is 6.54 Å². The molecular formula is C5H8N4O. The quantitative estimate of drug-likeness (QED) is 0.533. The van der Waals surface area contributed by atoms with Crippen molar-refractivity contribution < 1.29 is 4.74 Å². The number of aromatic nitrogens is 3. The maximum absolute atomic E-state index is 5.19. The van der Waals surface area contributed by atoms with E-state index in [1.807, 2.05) is 7.05 Å². The van der Waals surface area contributed by atoms with Crippen molar-refractivity contribution >= 4 is 5.82 Å². The molecule has 1 aromatic rings. The molecule has 0 bridgehead atoms. The van der Waals surface area contributed by atoms with E-state index in [0.717, 1.165) is 12.4 Å².